The highest BCUT2D eigenvalue weighted by molar-refractivity contribution is 5.97. The van der Waals surface area contributed by atoms with Gasteiger partial charge in [0.25, 0.3) is 0 Å². The zero-order valence-electron chi connectivity index (χ0n) is 17.7. The SMILES string of the molecule is CC(C)(C)OC(=O)N[C@@H]1Cc2cn(C(=O)OC(C)(C)C)c3cccc(c23)[C@H]1C=O. The molecule has 0 bridgehead atoms. The number of rotatable bonds is 2. The zero-order chi connectivity index (χ0) is 21.6. The Balaban J connectivity index is 1.98. The Labute approximate surface area is 170 Å². The molecule has 0 aliphatic heterocycles. The van der Waals surface area contributed by atoms with E-state index in [1.54, 1.807) is 33.0 Å². The molecule has 0 fully saturated rings. The van der Waals surface area contributed by atoms with Gasteiger partial charge in [-0.15, -0.1) is 0 Å². The molecule has 7 heteroatoms. The van der Waals surface area contributed by atoms with Gasteiger partial charge < -0.3 is 19.6 Å². The molecule has 3 rings (SSSR count). The van der Waals surface area contributed by atoms with Gasteiger partial charge in [0.2, 0.25) is 0 Å². The second kappa shape index (κ2) is 7.21. The zero-order valence-corrected chi connectivity index (χ0v) is 17.7. The van der Waals surface area contributed by atoms with Crippen molar-refractivity contribution in [3.63, 3.8) is 0 Å². The molecule has 2 atom stereocenters. The minimum absolute atomic E-state index is 0.409. The van der Waals surface area contributed by atoms with Crippen LogP contribution in [0.15, 0.2) is 24.4 Å². The van der Waals surface area contributed by atoms with Crippen LogP contribution < -0.4 is 5.32 Å². The highest BCUT2D eigenvalue weighted by Crippen LogP contribution is 2.37. The molecule has 1 aromatic heterocycles. The number of alkyl carbamates (subject to hydrolysis) is 1. The lowest BCUT2D eigenvalue weighted by molar-refractivity contribution is -0.109. The summed E-state index contributed by atoms with van der Waals surface area (Å²) in [6.07, 6.45) is 1.92. The summed E-state index contributed by atoms with van der Waals surface area (Å²) in [5, 5.41) is 3.68. The maximum Gasteiger partial charge on any atom is 0.419 e. The van der Waals surface area contributed by atoms with Crippen molar-refractivity contribution in [1.29, 1.82) is 0 Å². The molecule has 7 nitrogen and oxygen atoms in total. The van der Waals surface area contributed by atoms with Crippen LogP contribution in [0.4, 0.5) is 9.59 Å². The quantitative estimate of drug-likeness (QED) is 0.765. The highest BCUT2D eigenvalue weighted by Gasteiger charge is 2.35. The van der Waals surface area contributed by atoms with Crippen molar-refractivity contribution in [2.45, 2.75) is 71.1 Å². The Kier molecular flexibility index (Phi) is 5.19. The number of hydrogen-bond donors (Lipinski definition) is 1. The van der Waals surface area contributed by atoms with Gasteiger partial charge in [-0.1, -0.05) is 12.1 Å². The molecule has 29 heavy (non-hydrogen) atoms. The largest absolute Gasteiger partial charge is 0.444 e. The number of carbonyl (C=O) groups excluding carboxylic acids is 3. The topological polar surface area (TPSA) is 86.6 Å². The first kappa shape index (κ1) is 20.9. The lowest BCUT2D eigenvalue weighted by atomic mass is 9.81. The Hall–Kier alpha value is -2.83. The molecule has 0 unspecified atom stereocenters. The Bertz CT molecular complexity index is 962. The lowest BCUT2D eigenvalue weighted by Crippen LogP contribution is -2.45. The molecule has 0 spiro atoms. The van der Waals surface area contributed by atoms with Crippen molar-refractivity contribution in [3.8, 4) is 0 Å². The molecule has 1 aliphatic rings. The van der Waals surface area contributed by atoms with Crippen LogP contribution in [0.5, 0.6) is 0 Å². The van der Waals surface area contributed by atoms with E-state index >= 15 is 0 Å². The highest BCUT2D eigenvalue weighted by atomic mass is 16.6. The number of amides is 1. The van der Waals surface area contributed by atoms with Gasteiger partial charge in [0, 0.05) is 17.6 Å². The van der Waals surface area contributed by atoms with Gasteiger partial charge in [-0.2, -0.15) is 0 Å². The summed E-state index contributed by atoms with van der Waals surface area (Å²) in [5.41, 5.74) is 1.08. The third-order valence-electron chi connectivity index (χ3n) is 4.61. The smallest absolute Gasteiger partial charge is 0.419 e. The standard InChI is InChI=1S/C22H28N2O5/c1-21(2,3)28-19(26)23-16-10-13-11-24(20(27)29-22(4,5)6)17-9-7-8-14(18(13)17)15(16)12-25/h7-9,11-12,15-16H,10H2,1-6H3,(H,23,26)/t15-,16-/m1/s1. The van der Waals surface area contributed by atoms with Crippen molar-refractivity contribution in [2.24, 2.45) is 0 Å². The van der Waals surface area contributed by atoms with E-state index in [9.17, 15) is 14.4 Å². The molecular formula is C22H28N2O5. The average molecular weight is 400 g/mol. The summed E-state index contributed by atoms with van der Waals surface area (Å²) >= 11 is 0. The molecule has 1 heterocycles. The van der Waals surface area contributed by atoms with Crippen LogP contribution in [0.2, 0.25) is 0 Å². The van der Waals surface area contributed by atoms with E-state index in [-0.39, 0.29) is 0 Å². The van der Waals surface area contributed by atoms with Crippen molar-refractivity contribution >= 4 is 29.4 Å². The van der Waals surface area contributed by atoms with Crippen molar-refractivity contribution in [2.75, 3.05) is 0 Å². The molecule has 1 aliphatic carbocycles. The first-order valence-electron chi connectivity index (χ1n) is 9.70. The van der Waals surface area contributed by atoms with E-state index in [2.05, 4.69) is 5.32 Å². The molecule has 156 valence electrons. The first-order chi connectivity index (χ1) is 13.4. The Morgan fingerprint density at radius 2 is 1.76 bits per heavy atom. The van der Waals surface area contributed by atoms with Gasteiger partial charge in [0.15, 0.2) is 0 Å². The number of aldehydes is 1. The van der Waals surface area contributed by atoms with E-state index in [4.69, 9.17) is 9.47 Å². The van der Waals surface area contributed by atoms with Crippen LogP contribution in [0, 0.1) is 0 Å². The summed E-state index contributed by atoms with van der Waals surface area (Å²) in [6, 6.07) is 5.02. The fourth-order valence-corrected chi connectivity index (χ4v) is 3.64. The predicted octanol–water partition coefficient (Wildman–Crippen LogP) is 4.16. The molecular weight excluding hydrogens is 372 g/mol. The van der Waals surface area contributed by atoms with Crippen LogP contribution in [0.3, 0.4) is 0 Å². The van der Waals surface area contributed by atoms with Gasteiger partial charge in [0.1, 0.15) is 17.5 Å². The number of ether oxygens (including phenoxy) is 2. The van der Waals surface area contributed by atoms with Crippen LogP contribution in [0.25, 0.3) is 10.9 Å². The molecule has 1 aromatic carbocycles. The second-order valence-corrected chi connectivity index (χ2v) is 9.36. The van der Waals surface area contributed by atoms with E-state index in [0.717, 1.165) is 22.8 Å². The maximum atomic E-state index is 12.7. The number of aromatic nitrogens is 1. The minimum atomic E-state index is -0.638. The molecule has 0 radical (unpaired) electrons. The predicted molar refractivity (Wildman–Crippen MR) is 109 cm³/mol. The van der Waals surface area contributed by atoms with Crippen LogP contribution in [-0.2, 0) is 20.7 Å². The van der Waals surface area contributed by atoms with Gasteiger partial charge >= 0.3 is 12.2 Å². The van der Waals surface area contributed by atoms with Crippen molar-refractivity contribution < 1.29 is 23.9 Å². The molecule has 0 saturated heterocycles. The normalized spacial score (nSPS) is 19.0. The Morgan fingerprint density at radius 1 is 1.10 bits per heavy atom. The molecule has 0 saturated carbocycles. The van der Waals surface area contributed by atoms with E-state index in [1.807, 2.05) is 32.9 Å². The fraction of sp³-hybridized carbons (Fsp3) is 0.500. The number of benzene rings is 1. The average Bonchev–Trinajstić information content (AvgIpc) is 2.92. The molecule has 2 aromatic rings. The number of hydrogen-bond acceptors (Lipinski definition) is 5. The monoisotopic (exact) mass is 400 g/mol. The van der Waals surface area contributed by atoms with Crippen LogP contribution in [-0.4, -0.2) is 40.3 Å². The van der Waals surface area contributed by atoms with Crippen molar-refractivity contribution in [3.05, 3.63) is 35.5 Å². The van der Waals surface area contributed by atoms with E-state index in [1.165, 1.54) is 4.57 Å². The summed E-state index contributed by atoms with van der Waals surface area (Å²) in [7, 11) is 0. The second-order valence-electron chi connectivity index (χ2n) is 9.36. The van der Waals surface area contributed by atoms with Gasteiger partial charge in [-0.25, -0.2) is 9.59 Å². The summed E-state index contributed by atoms with van der Waals surface area (Å²) < 4.78 is 12.3. The van der Waals surface area contributed by atoms with Crippen molar-refractivity contribution in [1.82, 2.24) is 9.88 Å². The fourth-order valence-electron chi connectivity index (χ4n) is 3.64. The number of carbonyl (C=O) groups is 3. The third-order valence-corrected chi connectivity index (χ3v) is 4.61. The maximum absolute atomic E-state index is 12.7. The molecule has 1 N–H and O–H groups in total. The van der Waals surface area contributed by atoms with Gasteiger partial charge in [-0.3, -0.25) is 4.57 Å². The first-order valence-corrected chi connectivity index (χ1v) is 9.70. The van der Waals surface area contributed by atoms with Gasteiger partial charge in [-0.05, 0) is 65.2 Å². The third kappa shape index (κ3) is 4.44. The van der Waals surface area contributed by atoms with Gasteiger partial charge in [0.05, 0.1) is 11.4 Å². The summed E-state index contributed by atoms with van der Waals surface area (Å²) in [5.74, 6) is -0.534. The van der Waals surface area contributed by atoms with E-state index in [0.29, 0.717) is 11.9 Å². The Morgan fingerprint density at radius 3 is 2.34 bits per heavy atom. The minimum Gasteiger partial charge on any atom is -0.444 e. The van der Waals surface area contributed by atoms with Crippen LogP contribution in [0.1, 0.15) is 58.6 Å². The number of nitrogens with one attached hydrogen (secondary N) is 1. The summed E-state index contributed by atoms with van der Waals surface area (Å²) in [4.78, 5) is 36.9. The number of nitrogens with zero attached hydrogens (tertiary/aromatic N) is 1. The van der Waals surface area contributed by atoms with Crippen LogP contribution >= 0.6 is 0 Å². The lowest BCUT2D eigenvalue weighted by Gasteiger charge is -2.30. The molecule has 1 amide bonds. The summed E-state index contributed by atoms with van der Waals surface area (Å²) in [6.45, 7) is 10.8. The van der Waals surface area contributed by atoms with E-state index < -0.39 is 35.3 Å².